The molecule has 10 heteroatoms. The minimum Gasteiger partial charge on any atom is -0.462 e. The Bertz CT molecular complexity index is 1210. The summed E-state index contributed by atoms with van der Waals surface area (Å²) in [5.41, 5.74) is 10.6. The molecule has 0 saturated carbocycles. The van der Waals surface area contributed by atoms with E-state index in [1.807, 2.05) is 55.5 Å². The van der Waals surface area contributed by atoms with Crippen molar-refractivity contribution < 1.29 is 9.53 Å². The Balaban J connectivity index is 1.86. The zero-order chi connectivity index (χ0) is 24.7. The minimum atomic E-state index is -0.645. The molecule has 2 aromatic rings. The van der Waals surface area contributed by atoms with Crippen LogP contribution in [-0.2, 0) is 9.53 Å². The molecule has 0 aliphatic carbocycles. The number of esters is 1. The van der Waals surface area contributed by atoms with Crippen molar-refractivity contribution in [1.29, 1.82) is 0 Å². The summed E-state index contributed by atoms with van der Waals surface area (Å²) in [4.78, 5) is 17.5. The summed E-state index contributed by atoms with van der Waals surface area (Å²) in [6.45, 7) is 3.71. The van der Waals surface area contributed by atoms with E-state index in [9.17, 15) is 4.79 Å². The molecule has 0 aromatic heterocycles. The van der Waals surface area contributed by atoms with E-state index in [-0.39, 0.29) is 18.4 Å². The summed E-state index contributed by atoms with van der Waals surface area (Å²) in [5, 5.41) is 6.80. The maximum absolute atomic E-state index is 13.2. The molecular formula is C24H30N8O2. The van der Waals surface area contributed by atoms with Gasteiger partial charge in [-0.2, -0.15) is 5.10 Å². The lowest BCUT2D eigenvalue weighted by molar-refractivity contribution is -0.139. The number of hydrogen-bond donors (Lipinski definition) is 5. The maximum Gasteiger partial charge on any atom is 0.338 e. The minimum absolute atomic E-state index is 0.154. The van der Waals surface area contributed by atoms with E-state index in [0.29, 0.717) is 23.3 Å². The zero-order valence-electron chi connectivity index (χ0n) is 19.2. The highest BCUT2D eigenvalue weighted by Gasteiger charge is 2.36. The molecule has 0 saturated heterocycles. The number of nitrogens with two attached hydrogens (primary N) is 4. The predicted octanol–water partition coefficient (Wildman–Crippen LogP) is 1.83. The standard InChI is InChI=1S/C24H30N8O2/c1-3-16(22(25)30-26)9-6-7-14-34-23(33)20-15(2)29-24(31-27)32(28)21(20)19-13-8-11-17-10-4-5-12-18(17)19/h3-6,8-13,21H,7,14,26-28H2,1-2H3,(H2,25,30)(H,29,31)/b9-6-,16-3+. The van der Waals surface area contributed by atoms with Crippen molar-refractivity contribution in [1.82, 2.24) is 10.4 Å². The summed E-state index contributed by atoms with van der Waals surface area (Å²) in [6, 6.07) is 13.1. The lowest BCUT2D eigenvalue weighted by Gasteiger charge is -2.35. The van der Waals surface area contributed by atoms with Crippen LogP contribution in [-0.4, -0.2) is 29.4 Å². The number of hydrazine groups is 2. The maximum atomic E-state index is 13.2. The molecule has 0 fully saturated rings. The van der Waals surface area contributed by atoms with Crippen LogP contribution in [0, 0.1) is 0 Å². The van der Waals surface area contributed by atoms with E-state index in [1.54, 1.807) is 19.1 Å². The first-order chi connectivity index (χ1) is 16.4. The van der Waals surface area contributed by atoms with Crippen LogP contribution in [0.5, 0.6) is 0 Å². The summed E-state index contributed by atoms with van der Waals surface area (Å²) in [7, 11) is 0. The van der Waals surface area contributed by atoms with Crippen LogP contribution in [0.4, 0.5) is 0 Å². The van der Waals surface area contributed by atoms with Crippen molar-refractivity contribution >= 4 is 28.5 Å². The third kappa shape index (κ3) is 5.08. The molecular weight excluding hydrogens is 432 g/mol. The Morgan fingerprint density at radius 2 is 2.00 bits per heavy atom. The molecule has 0 bridgehead atoms. The van der Waals surface area contributed by atoms with Gasteiger partial charge in [0, 0.05) is 5.57 Å². The Labute approximate surface area is 198 Å². The predicted molar refractivity (Wildman–Crippen MR) is 134 cm³/mol. The number of ether oxygens (including phenoxy) is 1. The Morgan fingerprint density at radius 3 is 2.71 bits per heavy atom. The average Bonchev–Trinajstić information content (AvgIpc) is 2.86. The fourth-order valence-corrected chi connectivity index (χ4v) is 3.81. The van der Waals surface area contributed by atoms with Crippen LogP contribution in [0.25, 0.3) is 10.8 Å². The number of aliphatic imine (C=N–C) groups is 1. The van der Waals surface area contributed by atoms with Crippen LogP contribution >= 0.6 is 0 Å². The summed E-state index contributed by atoms with van der Waals surface area (Å²) in [5.74, 6) is 17.2. The third-order valence-electron chi connectivity index (χ3n) is 5.49. The second-order valence-corrected chi connectivity index (χ2v) is 7.54. The van der Waals surface area contributed by atoms with Gasteiger partial charge in [-0.05, 0) is 36.6 Å². The van der Waals surface area contributed by atoms with Gasteiger partial charge < -0.3 is 16.3 Å². The summed E-state index contributed by atoms with van der Waals surface area (Å²) >= 11 is 0. The number of hydrazone groups is 1. The van der Waals surface area contributed by atoms with Crippen LogP contribution in [0.15, 0.2) is 87.6 Å². The molecule has 34 heavy (non-hydrogen) atoms. The van der Waals surface area contributed by atoms with Crippen molar-refractivity contribution in [2.45, 2.75) is 26.3 Å². The van der Waals surface area contributed by atoms with Gasteiger partial charge >= 0.3 is 5.97 Å². The van der Waals surface area contributed by atoms with Crippen LogP contribution < -0.4 is 28.7 Å². The number of benzene rings is 2. The topological polar surface area (TPSA) is 170 Å². The van der Waals surface area contributed by atoms with E-state index in [2.05, 4.69) is 15.5 Å². The SMILES string of the molecule is C/C=C(\C=C/CCOC(=O)C1=C(C)N=C(NN)N(N)C1c1cccc2ccccc12)C(/N)=N/N. The van der Waals surface area contributed by atoms with Gasteiger partial charge in [-0.1, -0.05) is 60.7 Å². The lowest BCUT2D eigenvalue weighted by atomic mass is 9.91. The molecule has 0 radical (unpaired) electrons. The number of carbonyl (C=O) groups is 1. The molecule has 1 unspecified atom stereocenters. The molecule has 2 aromatic carbocycles. The molecule has 1 atom stereocenters. The molecule has 3 rings (SSSR count). The van der Waals surface area contributed by atoms with Gasteiger partial charge in [0.05, 0.1) is 17.9 Å². The molecule has 0 amide bonds. The van der Waals surface area contributed by atoms with Gasteiger partial charge in [0.15, 0.2) is 0 Å². The quantitative estimate of drug-likeness (QED) is 0.0789. The number of nitrogens with one attached hydrogen (secondary N) is 1. The molecule has 178 valence electrons. The van der Waals surface area contributed by atoms with Crippen LogP contribution in [0.2, 0.25) is 0 Å². The number of carbonyl (C=O) groups excluding carboxylic acids is 1. The van der Waals surface area contributed by atoms with Gasteiger partial charge in [-0.15, -0.1) is 0 Å². The van der Waals surface area contributed by atoms with Crippen molar-refractivity contribution in [3.05, 3.63) is 83.1 Å². The van der Waals surface area contributed by atoms with E-state index >= 15 is 0 Å². The first kappa shape index (κ1) is 24.5. The molecule has 1 aliphatic rings. The highest BCUT2D eigenvalue weighted by atomic mass is 16.5. The van der Waals surface area contributed by atoms with Gasteiger partial charge in [-0.25, -0.2) is 21.5 Å². The van der Waals surface area contributed by atoms with Gasteiger partial charge in [-0.3, -0.25) is 10.4 Å². The number of fused-ring (bicyclic) bond motifs is 1. The summed E-state index contributed by atoms with van der Waals surface area (Å²) < 4.78 is 5.58. The number of allylic oxidation sites excluding steroid dienone is 2. The molecule has 1 aliphatic heterocycles. The lowest BCUT2D eigenvalue weighted by Crippen LogP contribution is -2.53. The number of amidine groups is 1. The van der Waals surface area contributed by atoms with Crippen molar-refractivity contribution in [3.8, 4) is 0 Å². The first-order valence-corrected chi connectivity index (χ1v) is 10.7. The zero-order valence-corrected chi connectivity index (χ0v) is 19.2. The number of rotatable bonds is 7. The highest BCUT2D eigenvalue weighted by Crippen LogP contribution is 2.36. The fraction of sp³-hybridized carbons (Fsp3) is 0.208. The number of nitrogens with zero attached hydrogens (tertiary/aromatic N) is 3. The third-order valence-corrected chi connectivity index (χ3v) is 5.49. The Kier molecular flexibility index (Phi) is 8.01. The molecule has 10 nitrogen and oxygen atoms in total. The van der Waals surface area contributed by atoms with Gasteiger partial charge in [0.1, 0.15) is 11.9 Å². The van der Waals surface area contributed by atoms with E-state index in [4.69, 9.17) is 28.0 Å². The monoisotopic (exact) mass is 462 g/mol. The smallest absolute Gasteiger partial charge is 0.338 e. The van der Waals surface area contributed by atoms with Gasteiger partial charge in [0.25, 0.3) is 0 Å². The van der Waals surface area contributed by atoms with Gasteiger partial charge in [0.2, 0.25) is 5.96 Å². The van der Waals surface area contributed by atoms with Crippen molar-refractivity contribution in [2.24, 2.45) is 33.4 Å². The normalized spacial score (nSPS) is 17.4. The second kappa shape index (κ2) is 11.1. The molecule has 1 heterocycles. The van der Waals surface area contributed by atoms with Crippen molar-refractivity contribution in [2.75, 3.05) is 6.61 Å². The second-order valence-electron chi connectivity index (χ2n) is 7.54. The average molecular weight is 463 g/mol. The van der Waals surface area contributed by atoms with E-state index < -0.39 is 12.0 Å². The van der Waals surface area contributed by atoms with E-state index in [1.165, 1.54) is 5.01 Å². The fourth-order valence-electron chi connectivity index (χ4n) is 3.81. The number of guanidine groups is 1. The molecule has 9 N–H and O–H groups in total. The largest absolute Gasteiger partial charge is 0.462 e. The molecule has 0 spiro atoms. The van der Waals surface area contributed by atoms with Crippen LogP contribution in [0.1, 0.15) is 31.9 Å². The number of hydrogen-bond acceptors (Lipinski definition) is 9. The summed E-state index contributed by atoms with van der Waals surface area (Å²) in [6.07, 6.45) is 5.86. The van der Waals surface area contributed by atoms with Crippen molar-refractivity contribution in [3.63, 3.8) is 0 Å². The van der Waals surface area contributed by atoms with Crippen LogP contribution in [0.3, 0.4) is 0 Å². The highest BCUT2D eigenvalue weighted by molar-refractivity contribution is 5.99. The Morgan fingerprint density at radius 1 is 1.26 bits per heavy atom. The Hall–Kier alpha value is -4.15. The van der Waals surface area contributed by atoms with E-state index in [0.717, 1.165) is 16.3 Å². The first-order valence-electron chi connectivity index (χ1n) is 10.7.